The summed E-state index contributed by atoms with van der Waals surface area (Å²) in [6.07, 6.45) is 10.6. The highest BCUT2D eigenvalue weighted by atomic mass is 32.1. The molecule has 1 nitrogen and oxygen atoms in total. The molecule has 1 aliphatic rings. The maximum Gasteiger partial charge on any atom is 0.173 e. The SMILES string of the molecule is C#CC1CC(=S)OC1C#C. The average molecular weight is 150 g/mol. The van der Waals surface area contributed by atoms with Crippen molar-refractivity contribution in [2.75, 3.05) is 0 Å². The molecule has 1 aliphatic heterocycles. The van der Waals surface area contributed by atoms with Crippen LogP contribution in [0.15, 0.2) is 0 Å². The van der Waals surface area contributed by atoms with Crippen LogP contribution < -0.4 is 0 Å². The van der Waals surface area contributed by atoms with Gasteiger partial charge in [-0.15, -0.1) is 12.8 Å². The Hall–Kier alpha value is -0.990. The van der Waals surface area contributed by atoms with E-state index >= 15 is 0 Å². The Balaban J connectivity index is 2.71. The second kappa shape index (κ2) is 2.73. The smallest absolute Gasteiger partial charge is 0.173 e. The molecule has 0 radical (unpaired) electrons. The van der Waals surface area contributed by atoms with Gasteiger partial charge in [0, 0.05) is 6.42 Å². The Morgan fingerprint density at radius 3 is 2.60 bits per heavy atom. The lowest BCUT2D eigenvalue weighted by Crippen LogP contribution is -2.10. The maximum absolute atomic E-state index is 5.18. The Bertz CT molecular complexity index is 207. The molecule has 0 aliphatic carbocycles. The van der Waals surface area contributed by atoms with Crippen molar-refractivity contribution in [1.29, 1.82) is 0 Å². The lowest BCUT2D eigenvalue weighted by Gasteiger charge is -2.03. The molecule has 0 amide bonds. The summed E-state index contributed by atoms with van der Waals surface area (Å²) in [5.41, 5.74) is 0. The monoisotopic (exact) mass is 150 g/mol. The molecule has 0 spiro atoms. The highest BCUT2D eigenvalue weighted by molar-refractivity contribution is 7.80. The molecule has 2 heteroatoms. The molecule has 0 aromatic heterocycles. The largest absolute Gasteiger partial charge is 0.470 e. The van der Waals surface area contributed by atoms with E-state index in [4.69, 9.17) is 29.8 Å². The summed E-state index contributed by atoms with van der Waals surface area (Å²) in [5, 5.41) is 0.533. The molecule has 1 heterocycles. The third-order valence-electron chi connectivity index (χ3n) is 1.39. The fourth-order valence-corrected chi connectivity index (χ4v) is 1.14. The van der Waals surface area contributed by atoms with Crippen LogP contribution >= 0.6 is 12.2 Å². The average Bonchev–Trinajstić information content (AvgIpc) is 2.30. The standard InChI is InChI=1S/C8H6OS/c1-3-6-5-8(10)9-7(6)4-2/h1-2,6-7H,5H2. The van der Waals surface area contributed by atoms with E-state index in [1.54, 1.807) is 0 Å². The van der Waals surface area contributed by atoms with Crippen LogP contribution in [0, 0.1) is 30.6 Å². The molecule has 1 rings (SSSR count). The van der Waals surface area contributed by atoms with Gasteiger partial charge in [0.05, 0.1) is 5.92 Å². The molecule has 1 saturated heterocycles. The highest BCUT2D eigenvalue weighted by Crippen LogP contribution is 2.21. The van der Waals surface area contributed by atoms with Crippen LogP contribution in [0.3, 0.4) is 0 Å². The summed E-state index contributed by atoms with van der Waals surface area (Å²) >= 11 is 4.79. The molecule has 10 heavy (non-hydrogen) atoms. The molecule has 2 unspecified atom stereocenters. The van der Waals surface area contributed by atoms with Crippen molar-refractivity contribution >= 4 is 17.3 Å². The van der Waals surface area contributed by atoms with Crippen LogP contribution in [-0.4, -0.2) is 11.2 Å². The second-order valence-electron chi connectivity index (χ2n) is 2.05. The summed E-state index contributed by atoms with van der Waals surface area (Å²) in [6.45, 7) is 0. The van der Waals surface area contributed by atoms with Gasteiger partial charge in [-0.25, -0.2) is 0 Å². The van der Waals surface area contributed by atoms with Crippen LogP contribution in [0.2, 0.25) is 0 Å². The molecule has 0 N–H and O–H groups in total. The Morgan fingerprint density at radius 1 is 1.50 bits per heavy atom. The number of rotatable bonds is 0. The van der Waals surface area contributed by atoms with Crippen molar-refractivity contribution < 1.29 is 4.74 Å². The quantitative estimate of drug-likeness (QED) is 0.376. The lowest BCUT2D eigenvalue weighted by atomic mass is 10.0. The molecular formula is C8H6OS. The van der Waals surface area contributed by atoms with Crippen LogP contribution in [0.5, 0.6) is 0 Å². The lowest BCUT2D eigenvalue weighted by molar-refractivity contribution is 0.261. The molecular weight excluding hydrogens is 144 g/mol. The van der Waals surface area contributed by atoms with Crippen molar-refractivity contribution in [3.05, 3.63) is 0 Å². The van der Waals surface area contributed by atoms with Gasteiger partial charge >= 0.3 is 0 Å². The highest BCUT2D eigenvalue weighted by Gasteiger charge is 2.28. The summed E-state index contributed by atoms with van der Waals surface area (Å²) in [6, 6.07) is 0. The number of hydrogen-bond donors (Lipinski definition) is 0. The zero-order chi connectivity index (χ0) is 7.56. The van der Waals surface area contributed by atoms with E-state index in [2.05, 4.69) is 11.8 Å². The van der Waals surface area contributed by atoms with Gasteiger partial charge in [-0.3, -0.25) is 0 Å². The van der Waals surface area contributed by atoms with Crippen molar-refractivity contribution in [2.24, 2.45) is 5.92 Å². The minimum Gasteiger partial charge on any atom is -0.470 e. The first-order chi connectivity index (χ1) is 4.77. The third kappa shape index (κ3) is 1.12. The van der Waals surface area contributed by atoms with Gasteiger partial charge in [-0.2, -0.15) is 0 Å². The van der Waals surface area contributed by atoms with E-state index in [-0.39, 0.29) is 12.0 Å². The number of thiocarbonyl (C=S) groups is 1. The van der Waals surface area contributed by atoms with Crippen LogP contribution in [0.1, 0.15) is 6.42 Å². The van der Waals surface area contributed by atoms with E-state index in [1.165, 1.54) is 0 Å². The molecule has 1 fully saturated rings. The summed E-state index contributed by atoms with van der Waals surface area (Å²) in [4.78, 5) is 0. The van der Waals surface area contributed by atoms with E-state index in [9.17, 15) is 0 Å². The van der Waals surface area contributed by atoms with E-state index in [0.29, 0.717) is 11.5 Å². The Labute approximate surface area is 65.8 Å². The fourth-order valence-electron chi connectivity index (χ4n) is 0.855. The van der Waals surface area contributed by atoms with Crippen LogP contribution in [0.4, 0.5) is 0 Å². The van der Waals surface area contributed by atoms with Gasteiger partial charge in [0.15, 0.2) is 11.2 Å². The van der Waals surface area contributed by atoms with E-state index in [1.807, 2.05) is 0 Å². The van der Waals surface area contributed by atoms with E-state index in [0.717, 1.165) is 0 Å². The first-order valence-corrected chi connectivity index (χ1v) is 3.30. The van der Waals surface area contributed by atoms with E-state index < -0.39 is 0 Å². The van der Waals surface area contributed by atoms with Gasteiger partial charge in [0.25, 0.3) is 0 Å². The second-order valence-corrected chi connectivity index (χ2v) is 2.51. The topological polar surface area (TPSA) is 9.23 Å². The number of ether oxygens (including phenoxy) is 1. The van der Waals surface area contributed by atoms with Gasteiger partial charge in [-0.1, -0.05) is 11.8 Å². The van der Waals surface area contributed by atoms with Gasteiger partial charge in [0.1, 0.15) is 0 Å². The molecule has 0 aromatic rings. The van der Waals surface area contributed by atoms with Gasteiger partial charge < -0.3 is 4.74 Å². The maximum atomic E-state index is 5.18. The van der Waals surface area contributed by atoms with Gasteiger partial charge in [-0.05, 0) is 12.2 Å². The van der Waals surface area contributed by atoms with Crippen LogP contribution in [-0.2, 0) is 4.74 Å². The first kappa shape index (κ1) is 7.12. The van der Waals surface area contributed by atoms with Crippen molar-refractivity contribution in [3.63, 3.8) is 0 Å². The Kier molecular flexibility index (Phi) is 1.94. The van der Waals surface area contributed by atoms with Crippen molar-refractivity contribution in [2.45, 2.75) is 12.5 Å². The number of hydrogen-bond acceptors (Lipinski definition) is 2. The summed E-state index contributed by atoms with van der Waals surface area (Å²) in [7, 11) is 0. The predicted molar refractivity (Wildman–Crippen MR) is 43.2 cm³/mol. The van der Waals surface area contributed by atoms with Crippen LogP contribution in [0.25, 0.3) is 0 Å². The molecule has 0 bridgehead atoms. The molecule has 0 aromatic carbocycles. The third-order valence-corrected chi connectivity index (χ3v) is 1.65. The van der Waals surface area contributed by atoms with Crippen molar-refractivity contribution in [3.8, 4) is 24.7 Å². The molecule has 50 valence electrons. The molecule has 0 saturated carbocycles. The zero-order valence-corrected chi connectivity index (χ0v) is 6.15. The fraction of sp³-hybridized carbons (Fsp3) is 0.375. The first-order valence-electron chi connectivity index (χ1n) is 2.89. The number of terminal acetylenes is 2. The van der Waals surface area contributed by atoms with Crippen molar-refractivity contribution in [1.82, 2.24) is 0 Å². The summed E-state index contributed by atoms with van der Waals surface area (Å²) in [5.74, 6) is 4.97. The Morgan fingerprint density at radius 2 is 2.20 bits per heavy atom. The predicted octanol–water partition coefficient (Wildman–Crippen LogP) is 0.985. The zero-order valence-electron chi connectivity index (χ0n) is 5.33. The van der Waals surface area contributed by atoms with Gasteiger partial charge in [0.2, 0.25) is 0 Å². The minimum atomic E-state index is -0.294. The molecule has 2 atom stereocenters. The normalized spacial score (nSPS) is 30.4. The summed E-state index contributed by atoms with van der Waals surface area (Å²) < 4.78 is 5.07. The minimum absolute atomic E-state index is 0.0162.